The number of rotatable bonds is 7. The minimum absolute atomic E-state index is 0.00595. The van der Waals surface area contributed by atoms with Crippen LogP contribution in [0.4, 0.5) is 24.5 Å². The van der Waals surface area contributed by atoms with E-state index in [9.17, 15) is 32.3 Å². The molecule has 4 heterocycles. The van der Waals surface area contributed by atoms with E-state index in [1.807, 2.05) is 11.8 Å². The van der Waals surface area contributed by atoms with Crippen molar-refractivity contribution >= 4 is 46.0 Å². The number of nitrogens with zero attached hydrogens (tertiary/aromatic N) is 5. The maximum atomic E-state index is 14.3. The number of carbonyl (C=O) groups is 2. The van der Waals surface area contributed by atoms with E-state index in [1.165, 1.54) is 13.3 Å². The third-order valence-corrected chi connectivity index (χ3v) is 9.88. The molecule has 2 fully saturated rings. The number of H-pyrrole nitrogens is 1. The number of aryl methyl sites for hydroxylation is 3. The number of piperazine rings is 1. The first-order valence-electron chi connectivity index (χ1n) is 16.1. The van der Waals surface area contributed by atoms with Crippen molar-refractivity contribution in [1.82, 2.24) is 24.4 Å². The van der Waals surface area contributed by atoms with Crippen LogP contribution in [0.5, 0.6) is 5.88 Å². The van der Waals surface area contributed by atoms with Crippen molar-refractivity contribution in [2.24, 2.45) is 0 Å². The number of benzene rings is 1. The van der Waals surface area contributed by atoms with Crippen molar-refractivity contribution in [1.29, 1.82) is 0 Å². The second kappa shape index (κ2) is 13.1. The smallest absolute Gasteiger partial charge is 0.416 e. The van der Waals surface area contributed by atoms with Crippen LogP contribution in [-0.4, -0.2) is 68.5 Å². The molecule has 1 aliphatic carbocycles. The molecule has 264 valence electrons. The Morgan fingerprint density at radius 2 is 1.76 bits per heavy atom. The summed E-state index contributed by atoms with van der Waals surface area (Å²) >= 11 is 6.12. The van der Waals surface area contributed by atoms with Gasteiger partial charge in [0.15, 0.2) is 11.2 Å². The molecule has 6 rings (SSSR count). The predicted octanol–water partition coefficient (Wildman–Crippen LogP) is 4.78. The Balaban J connectivity index is 1.38. The van der Waals surface area contributed by atoms with Gasteiger partial charge in [0.2, 0.25) is 22.6 Å². The number of ether oxygens (including phenoxy) is 1. The number of amides is 2. The van der Waals surface area contributed by atoms with E-state index in [1.54, 1.807) is 30.2 Å². The first kappa shape index (κ1) is 34.9. The SMILES string of the molecule is CCc1c(N2CCN(C(=O)c3c(OC)[nH]cc(C)c3=O)[C@H]3CC[C@@H]32)c(=O)c2nc(C)c(C)nc2n1CC(=O)Nc1ccc(C(F)(F)F)cc1Cl. The van der Waals surface area contributed by atoms with Gasteiger partial charge in [-0.3, -0.25) is 19.2 Å². The molecule has 12 nitrogen and oxygen atoms in total. The van der Waals surface area contributed by atoms with Crippen molar-refractivity contribution < 1.29 is 27.5 Å². The Hall–Kier alpha value is -4.92. The van der Waals surface area contributed by atoms with Crippen LogP contribution < -0.4 is 25.8 Å². The summed E-state index contributed by atoms with van der Waals surface area (Å²) in [5.74, 6) is -0.982. The molecule has 2 amide bonds. The van der Waals surface area contributed by atoms with Crippen LogP contribution in [0.3, 0.4) is 0 Å². The molecule has 0 radical (unpaired) electrons. The van der Waals surface area contributed by atoms with E-state index < -0.39 is 29.0 Å². The third kappa shape index (κ3) is 5.97. The molecule has 1 aliphatic heterocycles. The molecule has 3 aromatic heterocycles. The molecule has 2 aliphatic rings. The maximum Gasteiger partial charge on any atom is 0.416 e. The summed E-state index contributed by atoms with van der Waals surface area (Å²) in [6.45, 7) is 7.05. The fourth-order valence-electron chi connectivity index (χ4n) is 6.76. The van der Waals surface area contributed by atoms with Gasteiger partial charge in [0.1, 0.15) is 17.8 Å². The van der Waals surface area contributed by atoms with E-state index in [2.05, 4.69) is 20.3 Å². The highest BCUT2D eigenvalue weighted by Gasteiger charge is 2.47. The Bertz CT molecular complexity index is 2170. The van der Waals surface area contributed by atoms with Gasteiger partial charge >= 0.3 is 6.18 Å². The van der Waals surface area contributed by atoms with E-state index in [0.717, 1.165) is 18.2 Å². The number of hydrogen-bond donors (Lipinski definition) is 2. The zero-order chi connectivity index (χ0) is 36.2. The van der Waals surface area contributed by atoms with Gasteiger partial charge in [-0.15, -0.1) is 0 Å². The van der Waals surface area contributed by atoms with E-state index in [4.69, 9.17) is 16.3 Å². The van der Waals surface area contributed by atoms with Gasteiger partial charge in [0, 0.05) is 36.6 Å². The highest BCUT2D eigenvalue weighted by molar-refractivity contribution is 6.33. The summed E-state index contributed by atoms with van der Waals surface area (Å²) in [6, 6.07) is 2.09. The number of methoxy groups -OCH3 is 1. The Labute approximate surface area is 289 Å². The van der Waals surface area contributed by atoms with Crippen molar-refractivity contribution in [3.05, 3.63) is 83.6 Å². The van der Waals surface area contributed by atoms with Gasteiger partial charge in [-0.2, -0.15) is 13.2 Å². The minimum atomic E-state index is -4.61. The summed E-state index contributed by atoms with van der Waals surface area (Å²) in [5.41, 5.74) is 0.746. The normalized spacial score (nSPS) is 17.4. The van der Waals surface area contributed by atoms with Crippen molar-refractivity contribution in [2.75, 3.05) is 30.4 Å². The monoisotopic (exact) mass is 713 g/mol. The number of aromatic nitrogens is 4. The molecular formula is C34H35ClF3N7O5. The number of anilines is 2. The quantitative estimate of drug-likeness (QED) is 0.279. The molecule has 1 saturated heterocycles. The number of pyridine rings is 2. The largest absolute Gasteiger partial charge is 0.482 e. The Kier molecular flexibility index (Phi) is 9.14. The molecule has 1 saturated carbocycles. The highest BCUT2D eigenvalue weighted by atomic mass is 35.5. The standard InChI is InChI=1S/C34H35ClF3N7O5/c1-6-22-28(43-11-12-44(24-10-9-23(24)43)33(49)26-29(47)16(2)14-39-32(26)50-5)30(48)27-31(41-18(4)17(3)40-27)45(22)15-25(46)42-21-8-7-19(13-20(21)35)34(36,37)38/h7-8,13-14,23-24H,6,9-12,15H2,1-5H3,(H,39,47)(H,42,46)/t23-,24-/m0/s1. The number of alkyl halides is 3. The van der Waals surface area contributed by atoms with Crippen molar-refractivity contribution in [3.63, 3.8) is 0 Å². The topological polar surface area (TPSA) is 143 Å². The fraction of sp³-hybridized carbons (Fsp3) is 0.412. The second-order valence-electron chi connectivity index (χ2n) is 12.5. The number of fused-ring (bicyclic) bond motifs is 2. The first-order valence-corrected chi connectivity index (χ1v) is 16.4. The molecule has 0 bridgehead atoms. The lowest BCUT2D eigenvalue weighted by Gasteiger charge is -2.54. The van der Waals surface area contributed by atoms with Gasteiger partial charge < -0.3 is 29.4 Å². The van der Waals surface area contributed by atoms with Crippen molar-refractivity contribution in [3.8, 4) is 5.88 Å². The van der Waals surface area contributed by atoms with Crippen molar-refractivity contribution in [2.45, 2.75) is 71.8 Å². The lowest BCUT2D eigenvalue weighted by Crippen LogP contribution is -2.67. The molecule has 4 aromatic rings. The number of nitrogens with one attached hydrogen (secondary N) is 2. The van der Waals surface area contributed by atoms with Gasteiger partial charge in [-0.05, 0) is 58.2 Å². The van der Waals surface area contributed by atoms with Gasteiger partial charge in [0.05, 0.1) is 40.8 Å². The fourth-order valence-corrected chi connectivity index (χ4v) is 6.99. The van der Waals surface area contributed by atoms with E-state index in [0.29, 0.717) is 47.6 Å². The van der Waals surface area contributed by atoms with Crippen LogP contribution in [0.1, 0.15) is 58.3 Å². The van der Waals surface area contributed by atoms with Gasteiger partial charge in [0.25, 0.3) is 5.91 Å². The molecular weight excluding hydrogens is 679 g/mol. The van der Waals surface area contributed by atoms with E-state index in [-0.39, 0.29) is 70.5 Å². The van der Waals surface area contributed by atoms with E-state index >= 15 is 0 Å². The first-order chi connectivity index (χ1) is 23.7. The molecule has 50 heavy (non-hydrogen) atoms. The maximum absolute atomic E-state index is 14.3. The van der Waals surface area contributed by atoms with Crippen LogP contribution in [0.15, 0.2) is 34.0 Å². The molecule has 0 unspecified atom stereocenters. The number of hydrogen-bond acceptors (Lipinski definition) is 8. The zero-order valence-corrected chi connectivity index (χ0v) is 28.8. The summed E-state index contributed by atoms with van der Waals surface area (Å²) in [6.07, 6.45) is -1.48. The second-order valence-corrected chi connectivity index (χ2v) is 12.9. The molecule has 16 heteroatoms. The average Bonchev–Trinajstić information content (AvgIpc) is 3.04. The summed E-state index contributed by atoms with van der Waals surface area (Å²) in [7, 11) is 1.38. The van der Waals surface area contributed by atoms with Gasteiger partial charge in [-0.1, -0.05) is 18.5 Å². The lowest BCUT2D eigenvalue weighted by molar-refractivity contribution is -0.137. The molecule has 0 spiro atoms. The summed E-state index contributed by atoms with van der Waals surface area (Å²) in [4.78, 5) is 70.5. The summed E-state index contributed by atoms with van der Waals surface area (Å²) < 4.78 is 46.5. The third-order valence-electron chi connectivity index (χ3n) is 9.56. The minimum Gasteiger partial charge on any atom is -0.482 e. The summed E-state index contributed by atoms with van der Waals surface area (Å²) in [5, 5.41) is 2.31. The molecule has 2 N–H and O–H groups in total. The molecule has 2 atom stereocenters. The van der Waals surface area contributed by atoms with Crippen LogP contribution in [-0.2, 0) is 23.9 Å². The number of aromatic amines is 1. The Morgan fingerprint density at radius 3 is 2.38 bits per heavy atom. The van der Waals surface area contributed by atoms with Gasteiger partial charge in [-0.25, -0.2) is 9.97 Å². The Morgan fingerprint density at radius 1 is 1.06 bits per heavy atom. The number of carbonyl (C=O) groups excluding carboxylic acids is 2. The van der Waals surface area contributed by atoms with Crippen LogP contribution in [0.25, 0.3) is 11.2 Å². The zero-order valence-electron chi connectivity index (χ0n) is 28.0. The number of halogens is 4. The highest BCUT2D eigenvalue weighted by Crippen LogP contribution is 2.39. The van der Waals surface area contributed by atoms with Crippen LogP contribution >= 0.6 is 11.6 Å². The predicted molar refractivity (Wildman–Crippen MR) is 181 cm³/mol. The van der Waals surface area contributed by atoms with Crippen LogP contribution in [0.2, 0.25) is 5.02 Å². The van der Waals surface area contributed by atoms with Crippen LogP contribution in [0, 0.1) is 20.8 Å². The average molecular weight is 714 g/mol. The molecule has 1 aromatic carbocycles. The lowest BCUT2D eigenvalue weighted by atomic mass is 9.81.